The minimum atomic E-state index is -0.258. The number of anilines is 1. The van der Waals surface area contributed by atoms with E-state index in [9.17, 15) is 4.79 Å². The van der Waals surface area contributed by atoms with E-state index < -0.39 is 0 Å². The molecule has 0 aliphatic heterocycles. The smallest absolute Gasteiger partial charge is 0.264 e. The summed E-state index contributed by atoms with van der Waals surface area (Å²) in [5.74, 6) is 0.392. The molecule has 4 aromatic rings. The van der Waals surface area contributed by atoms with E-state index in [0.717, 1.165) is 22.0 Å². The van der Waals surface area contributed by atoms with Gasteiger partial charge in [0.1, 0.15) is 5.75 Å². The van der Waals surface area contributed by atoms with Crippen molar-refractivity contribution in [3.05, 3.63) is 66.6 Å². The summed E-state index contributed by atoms with van der Waals surface area (Å²) in [6.45, 7) is -0.0917. The number of aromatic nitrogens is 3. The number of carbonyl (C=O) groups is 1. The second kappa shape index (κ2) is 7.28. The lowest BCUT2D eigenvalue weighted by molar-refractivity contribution is -0.118. The minimum absolute atomic E-state index is 0.0917. The maximum Gasteiger partial charge on any atom is 0.264 e. The Morgan fingerprint density at radius 2 is 1.92 bits per heavy atom. The zero-order chi connectivity index (χ0) is 17.8. The molecule has 0 aliphatic carbocycles. The van der Waals surface area contributed by atoms with Gasteiger partial charge in [-0.15, -0.1) is 11.3 Å². The molecule has 0 fully saturated rings. The molecule has 0 spiro atoms. The average molecular weight is 362 g/mol. The van der Waals surface area contributed by atoms with Crippen LogP contribution in [0.2, 0.25) is 0 Å². The summed E-state index contributed by atoms with van der Waals surface area (Å²) in [6.07, 6.45) is 6.88. The van der Waals surface area contributed by atoms with Crippen molar-refractivity contribution in [3.8, 4) is 17.0 Å². The van der Waals surface area contributed by atoms with Crippen LogP contribution in [0.15, 0.2) is 66.6 Å². The largest absolute Gasteiger partial charge is 0.483 e. The van der Waals surface area contributed by atoms with Crippen LogP contribution in [-0.4, -0.2) is 27.5 Å². The summed E-state index contributed by atoms with van der Waals surface area (Å²) in [4.78, 5) is 24.7. The molecule has 128 valence electrons. The molecule has 0 radical (unpaired) electrons. The molecular weight excluding hydrogens is 348 g/mol. The fraction of sp³-hybridized carbons (Fsp3) is 0.0526. The highest BCUT2D eigenvalue weighted by molar-refractivity contribution is 7.14. The number of rotatable bonds is 5. The number of pyridine rings is 2. The van der Waals surface area contributed by atoms with Gasteiger partial charge in [0, 0.05) is 46.5 Å². The van der Waals surface area contributed by atoms with Crippen LogP contribution >= 0.6 is 11.3 Å². The highest BCUT2D eigenvalue weighted by Crippen LogP contribution is 2.25. The van der Waals surface area contributed by atoms with E-state index in [1.807, 2.05) is 41.8 Å². The number of hydrogen-bond acceptors (Lipinski definition) is 6. The molecule has 4 rings (SSSR count). The van der Waals surface area contributed by atoms with Crippen LogP contribution in [0.25, 0.3) is 22.0 Å². The Kier molecular flexibility index (Phi) is 4.53. The second-order valence-corrected chi connectivity index (χ2v) is 6.32. The monoisotopic (exact) mass is 362 g/mol. The predicted octanol–water partition coefficient (Wildman–Crippen LogP) is 3.77. The Morgan fingerprint density at radius 1 is 1.08 bits per heavy atom. The van der Waals surface area contributed by atoms with Crippen LogP contribution < -0.4 is 10.1 Å². The van der Waals surface area contributed by atoms with E-state index in [1.54, 1.807) is 24.8 Å². The first-order chi connectivity index (χ1) is 12.8. The minimum Gasteiger partial charge on any atom is -0.483 e. The molecule has 0 unspecified atom stereocenters. The van der Waals surface area contributed by atoms with Gasteiger partial charge < -0.3 is 4.74 Å². The van der Waals surface area contributed by atoms with Crippen molar-refractivity contribution in [2.24, 2.45) is 0 Å². The van der Waals surface area contributed by atoms with Gasteiger partial charge in [0.15, 0.2) is 11.7 Å². The number of hydrogen-bond donors (Lipinski definition) is 1. The first-order valence-electron chi connectivity index (χ1n) is 7.91. The third-order valence-electron chi connectivity index (χ3n) is 3.73. The molecule has 0 aliphatic rings. The molecule has 3 aromatic heterocycles. The summed E-state index contributed by atoms with van der Waals surface area (Å²) < 4.78 is 5.67. The molecule has 26 heavy (non-hydrogen) atoms. The Hall–Kier alpha value is -3.32. The van der Waals surface area contributed by atoms with Crippen LogP contribution in [0.1, 0.15) is 0 Å². The average Bonchev–Trinajstić information content (AvgIpc) is 3.15. The van der Waals surface area contributed by atoms with Gasteiger partial charge >= 0.3 is 0 Å². The van der Waals surface area contributed by atoms with E-state index in [-0.39, 0.29) is 12.5 Å². The van der Waals surface area contributed by atoms with Gasteiger partial charge in [-0.3, -0.25) is 20.1 Å². The topological polar surface area (TPSA) is 77.0 Å². The summed E-state index contributed by atoms with van der Waals surface area (Å²) >= 11 is 1.37. The van der Waals surface area contributed by atoms with Crippen molar-refractivity contribution in [3.63, 3.8) is 0 Å². The Bertz CT molecular complexity index is 1040. The Labute approximate surface area is 153 Å². The fourth-order valence-electron chi connectivity index (χ4n) is 2.50. The number of nitrogens with zero attached hydrogens (tertiary/aromatic N) is 3. The molecule has 1 amide bonds. The van der Waals surface area contributed by atoms with Crippen LogP contribution in [0.4, 0.5) is 5.13 Å². The first-order valence-corrected chi connectivity index (χ1v) is 8.79. The summed E-state index contributed by atoms with van der Waals surface area (Å²) in [5, 5.41) is 7.08. The van der Waals surface area contributed by atoms with Crippen molar-refractivity contribution in [2.45, 2.75) is 0 Å². The summed E-state index contributed by atoms with van der Waals surface area (Å²) in [7, 11) is 0. The normalized spacial score (nSPS) is 10.6. The first kappa shape index (κ1) is 16.2. The maximum absolute atomic E-state index is 12.2. The third kappa shape index (κ3) is 3.52. The van der Waals surface area contributed by atoms with Gasteiger partial charge in [-0.25, -0.2) is 4.98 Å². The summed E-state index contributed by atoms with van der Waals surface area (Å²) in [6, 6.07) is 11.3. The number of benzene rings is 1. The zero-order valence-electron chi connectivity index (χ0n) is 13.6. The van der Waals surface area contributed by atoms with Gasteiger partial charge in [-0.1, -0.05) is 12.1 Å². The number of fused-ring (bicyclic) bond motifs is 1. The van der Waals surface area contributed by atoms with E-state index in [0.29, 0.717) is 10.9 Å². The highest BCUT2D eigenvalue weighted by atomic mass is 32.1. The third-order valence-corrected chi connectivity index (χ3v) is 4.48. The SMILES string of the molecule is O=C(COc1cccc2cnccc12)Nc1nc(-c2ccncc2)cs1. The van der Waals surface area contributed by atoms with E-state index >= 15 is 0 Å². The van der Waals surface area contributed by atoms with Crippen LogP contribution in [0, 0.1) is 0 Å². The Balaban J connectivity index is 1.41. The van der Waals surface area contributed by atoms with Gasteiger partial charge in [-0.05, 0) is 24.3 Å². The molecule has 1 N–H and O–H groups in total. The van der Waals surface area contributed by atoms with E-state index in [1.165, 1.54) is 11.3 Å². The number of carbonyl (C=O) groups excluding carboxylic acids is 1. The molecule has 0 atom stereocenters. The van der Waals surface area contributed by atoms with E-state index in [2.05, 4.69) is 20.3 Å². The lowest BCUT2D eigenvalue weighted by atomic mass is 10.1. The van der Waals surface area contributed by atoms with Crippen LogP contribution in [0.5, 0.6) is 5.75 Å². The van der Waals surface area contributed by atoms with Gasteiger partial charge in [0.25, 0.3) is 5.91 Å². The Morgan fingerprint density at radius 3 is 2.81 bits per heavy atom. The zero-order valence-corrected chi connectivity index (χ0v) is 14.4. The molecule has 7 heteroatoms. The number of nitrogens with one attached hydrogen (secondary N) is 1. The number of thiazole rings is 1. The second-order valence-electron chi connectivity index (χ2n) is 5.46. The molecule has 3 heterocycles. The van der Waals surface area contributed by atoms with Gasteiger partial charge in [0.05, 0.1) is 5.69 Å². The lowest BCUT2D eigenvalue weighted by Crippen LogP contribution is -2.20. The quantitative estimate of drug-likeness (QED) is 0.585. The number of amides is 1. The highest BCUT2D eigenvalue weighted by Gasteiger charge is 2.10. The molecule has 0 saturated heterocycles. The van der Waals surface area contributed by atoms with Crippen molar-refractivity contribution in [2.75, 3.05) is 11.9 Å². The fourth-order valence-corrected chi connectivity index (χ4v) is 3.24. The van der Waals surface area contributed by atoms with Crippen molar-refractivity contribution >= 4 is 33.1 Å². The van der Waals surface area contributed by atoms with Crippen molar-refractivity contribution in [1.82, 2.24) is 15.0 Å². The van der Waals surface area contributed by atoms with Crippen LogP contribution in [0.3, 0.4) is 0 Å². The lowest BCUT2D eigenvalue weighted by Gasteiger charge is -2.08. The van der Waals surface area contributed by atoms with Crippen LogP contribution in [-0.2, 0) is 4.79 Å². The van der Waals surface area contributed by atoms with Crippen molar-refractivity contribution in [1.29, 1.82) is 0 Å². The molecule has 0 bridgehead atoms. The molecule has 1 aromatic carbocycles. The maximum atomic E-state index is 12.2. The number of ether oxygens (including phenoxy) is 1. The molecule has 6 nitrogen and oxygen atoms in total. The summed E-state index contributed by atoms with van der Waals surface area (Å²) in [5.41, 5.74) is 1.76. The molecular formula is C19H14N4O2S. The van der Waals surface area contributed by atoms with Gasteiger partial charge in [0.2, 0.25) is 0 Å². The predicted molar refractivity (Wildman–Crippen MR) is 101 cm³/mol. The standard InChI is InChI=1S/C19H14N4O2S/c24-18(11-25-17-3-1-2-14-10-21-9-6-15(14)17)23-19-22-16(12-26-19)13-4-7-20-8-5-13/h1-10,12H,11H2,(H,22,23,24). The van der Waals surface area contributed by atoms with Gasteiger partial charge in [-0.2, -0.15) is 0 Å². The van der Waals surface area contributed by atoms with Crippen molar-refractivity contribution < 1.29 is 9.53 Å². The van der Waals surface area contributed by atoms with E-state index in [4.69, 9.17) is 4.74 Å². The molecule has 0 saturated carbocycles.